The Bertz CT molecular complexity index is 762. The lowest BCUT2D eigenvalue weighted by Gasteiger charge is -2.25. The predicted molar refractivity (Wildman–Crippen MR) is 94.5 cm³/mol. The molecule has 1 aromatic carbocycles. The number of para-hydroxylation sites is 1. The maximum absolute atomic E-state index is 12.8. The zero-order valence-corrected chi connectivity index (χ0v) is 14.5. The van der Waals surface area contributed by atoms with Crippen molar-refractivity contribution in [2.24, 2.45) is 0 Å². The molecular formula is C19H24N2O4. The zero-order valence-electron chi connectivity index (χ0n) is 14.5. The van der Waals surface area contributed by atoms with Gasteiger partial charge in [0.1, 0.15) is 0 Å². The molecule has 6 heteroatoms. The van der Waals surface area contributed by atoms with Crippen molar-refractivity contribution in [2.45, 2.75) is 38.7 Å². The van der Waals surface area contributed by atoms with Crippen LogP contribution in [0.1, 0.15) is 30.4 Å². The number of hydrogen-bond donors (Lipinski definition) is 2. The number of amides is 1. The number of fused-ring (bicyclic) bond motifs is 1. The van der Waals surface area contributed by atoms with E-state index in [-0.39, 0.29) is 31.4 Å². The highest BCUT2D eigenvalue weighted by molar-refractivity contribution is 5.90. The lowest BCUT2D eigenvalue weighted by atomic mass is 10.1. The summed E-state index contributed by atoms with van der Waals surface area (Å²) in [5, 5.41) is 10.0. The van der Waals surface area contributed by atoms with Crippen LogP contribution in [-0.2, 0) is 20.7 Å². The van der Waals surface area contributed by atoms with Crippen LogP contribution >= 0.6 is 0 Å². The number of aryl methyl sites for hydroxylation is 1. The molecule has 3 rings (SSSR count). The van der Waals surface area contributed by atoms with E-state index in [2.05, 4.69) is 4.98 Å². The first kappa shape index (κ1) is 17.5. The molecule has 2 aromatic rings. The van der Waals surface area contributed by atoms with Crippen molar-refractivity contribution in [2.75, 3.05) is 19.7 Å². The maximum Gasteiger partial charge on any atom is 0.305 e. The molecule has 0 spiro atoms. The Morgan fingerprint density at radius 1 is 1.40 bits per heavy atom. The van der Waals surface area contributed by atoms with Crippen LogP contribution in [-0.4, -0.2) is 52.7 Å². The molecule has 1 aromatic heterocycles. The fourth-order valence-corrected chi connectivity index (χ4v) is 3.37. The highest BCUT2D eigenvalue weighted by Crippen LogP contribution is 2.22. The van der Waals surface area contributed by atoms with Gasteiger partial charge in [-0.05, 0) is 30.9 Å². The Morgan fingerprint density at radius 2 is 2.24 bits per heavy atom. The largest absolute Gasteiger partial charge is 0.481 e. The van der Waals surface area contributed by atoms with E-state index in [9.17, 15) is 9.59 Å². The summed E-state index contributed by atoms with van der Waals surface area (Å²) in [6, 6.07) is 6.01. The molecule has 134 valence electrons. The third-order valence-corrected chi connectivity index (χ3v) is 4.75. The van der Waals surface area contributed by atoms with Crippen LogP contribution in [0.4, 0.5) is 0 Å². The van der Waals surface area contributed by atoms with Crippen LogP contribution in [0, 0.1) is 6.92 Å². The smallest absolute Gasteiger partial charge is 0.305 e. The molecule has 25 heavy (non-hydrogen) atoms. The van der Waals surface area contributed by atoms with Crippen LogP contribution in [0.2, 0.25) is 0 Å². The number of rotatable bonds is 7. The van der Waals surface area contributed by atoms with E-state index in [1.54, 1.807) is 4.90 Å². The normalized spacial score (nSPS) is 17.1. The fourth-order valence-electron chi connectivity index (χ4n) is 3.37. The number of aromatic amines is 1. The topological polar surface area (TPSA) is 82.6 Å². The van der Waals surface area contributed by atoms with E-state index in [1.807, 2.05) is 31.3 Å². The summed E-state index contributed by atoms with van der Waals surface area (Å²) in [5.41, 5.74) is 3.12. The first-order chi connectivity index (χ1) is 12.0. The summed E-state index contributed by atoms with van der Waals surface area (Å²) in [6.07, 6.45) is 4.01. The molecule has 1 saturated heterocycles. The predicted octanol–water partition coefficient (Wildman–Crippen LogP) is 2.50. The number of carboxylic acids is 1. The van der Waals surface area contributed by atoms with E-state index in [1.165, 1.54) is 0 Å². The van der Waals surface area contributed by atoms with Crippen LogP contribution < -0.4 is 0 Å². The third-order valence-electron chi connectivity index (χ3n) is 4.75. The lowest BCUT2D eigenvalue weighted by molar-refractivity contribution is -0.139. The molecule has 0 unspecified atom stereocenters. The molecule has 6 nitrogen and oxygen atoms in total. The van der Waals surface area contributed by atoms with E-state index in [4.69, 9.17) is 9.84 Å². The fraction of sp³-hybridized carbons (Fsp3) is 0.474. The SMILES string of the molecule is Cc1cccc2c(CC(=O)N(CCC(=O)O)C[C@H]3CCCO3)c[nH]c12. The van der Waals surface area contributed by atoms with Crippen molar-refractivity contribution in [3.05, 3.63) is 35.5 Å². The number of ether oxygens (including phenoxy) is 1. The van der Waals surface area contributed by atoms with Gasteiger partial charge in [0.25, 0.3) is 0 Å². The van der Waals surface area contributed by atoms with Crippen molar-refractivity contribution < 1.29 is 19.4 Å². The van der Waals surface area contributed by atoms with Crippen molar-refractivity contribution in [3.63, 3.8) is 0 Å². The molecular weight excluding hydrogens is 320 g/mol. The number of H-pyrrole nitrogens is 1. The van der Waals surface area contributed by atoms with E-state index in [0.29, 0.717) is 13.2 Å². The number of carboxylic acid groups (broad SMARTS) is 1. The van der Waals surface area contributed by atoms with Gasteiger partial charge in [-0.1, -0.05) is 18.2 Å². The monoisotopic (exact) mass is 344 g/mol. The third kappa shape index (κ3) is 4.20. The molecule has 1 aliphatic rings. The molecule has 1 fully saturated rings. The maximum atomic E-state index is 12.8. The number of aliphatic carboxylic acids is 1. The summed E-state index contributed by atoms with van der Waals surface area (Å²) in [4.78, 5) is 28.6. The first-order valence-electron chi connectivity index (χ1n) is 8.71. The van der Waals surface area contributed by atoms with Gasteiger partial charge in [0.15, 0.2) is 0 Å². The Hall–Kier alpha value is -2.34. The van der Waals surface area contributed by atoms with E-state index in [0.717, 1.165) is 34.9 Å². The second-order valence-electron chi connectivity index (χ2n) is 6.61. The number of carbonyl (C=O) groups excluding carboxylic acids is 1. The van der Waals surface area contributed by atoms with Crippen LogP contribution in [0.5, 0.6) is 0 Å². The number of benzene rings is 1. The summed E-state index contributed by atoms with van der Waals surface area (Å²) in [7, 11) is 0. The number of carbonyl (C=O) groups is 2. The van der Waals surface area contributed by atoms with Gasteiger partial charge in [-0.2, -0.15) is 0 Å². The van der Waals surface area contributed by atoms with Crippen LogP contribution in [0.3, 0.4) is 0 Å². The number of hydrogen-bond acceptors (Lipinski definition) is 3. The molecule has 0 bridgehead atoms. The van der Waals surface area contributed by atoms with Gasteiger partial charge in [0, 0.05) is 36.8 Å². The van der Waals surface area contributed by atoms with Gasteiger partial charge >= 0.3 is 5.97 Å². The molecule has 1 amide bonds. The summed E-state index contributed by atoms with van der Waals surface area (Å²) < 4.78 is 5.61. The minimum absolute atomic E-state index is 0.0166. The molecule has 1 aliphatic heterocycles. The quantitative estimate of drug-likeness (QED) is 0.808. The van der Waals surface area contributed by atoms with Gasteiger partial charge in [-0.15, -0.1) is 0 Å². The standard InChI is InChI=1S/C19H24N2O4/c1-13-4-2-6-16-14(11-20-19(13)16)10-17(22)21(8-7-18(23)24)12-15-5-3-9-25-15/h2,4,6,11,15,20H,3,5,7-10,12H2,1H3,(H,23,24)/t15-/m1/s1. The first-order valence-corrected chi connectivity index (χ1v) is 8.71. The molecule has 0 saturated carbocycles. The Balaban J connectivity index is 1.73. The summed E-state index contributed by atoms with van der Waals surface area (Å²) in [6.45, 7) is 3.43. The van der Waals surface area contributed by atoms with Crippen molar-refractivity contribution in [1.29, 1.82) is 0 Å². The second-order valence-corrected chi connectivity index (χ2v) is 6.61. The van der Waals surface area contributed by atoms with Gasteiger partial charge in [-0.25, -0.2) is 0 Å². The van der Waals surface area contributed by atoms with Crippen LogP contribution in [0.25, 0.3) is 10.9 Å². The highest BCUT2D eigenvalue weighted by atomic mass is 16.5. The number of aromatic nitrogens is 1. The molecule has 2 N–H and O–H groups in total. The average Bonchev–Trinajstić information content (AvgIpc) is 3.22. The minimum Gasteiger partial charge on any atom is -0.481 e. The van der Waals surface area contributed by atoms with Gasteiger partial charge in [0.05, 0.1) is 18.9 Å². The van der Waals surface area contributed by atoms with Crippen LogP contribution in [0.15, 0.2) is 24.4 Å². The van der Waals surface area contributed by atoms with Crippen molar-refractivity contribution in [3.8, 4) is 0 Å². The number of nitrogens with zero attached hydrogens (tertiary/aromatic N) is 1. The Morgan fingerprint density at radius 3 is 2.96 bits per heavy atom. The zero-order chi connectivity index (χ0) is 17.8. The highest BCUT2D eigenvalue weighted by Gasteiger charge is 2.23. The van der Waals surface area contributed by atoms with Crippen molar-refractivity contribution in [1.82, 2.24) is 9.88 Å². The summed E-state index contributed by atoms with van der Waals surface area (Å²) in [5.74, 6) is -0.952. The van der Waals surface area contributed by atoms with E-state index < -0.39 is 5.97 Å². The summed E-state index contributed by atoms with van der Waals surface area (Å²) >= 11 is 0. The molecule has 0 radical (unpaired) electrons. The molecule has 1 atom stereocenters. The molecule has 0 aliphatic carbocycles. The lowest BCUT2D eigenvalue weighted by Crippen LogP contribution is -2.39. The minimum atomic E-state index is -0.896. The average molecular weight is 344 g/mol. The van der Waals surface area contributed by atoms with Crippen molar-refractivity contribution >= 4 is 22.8 Å². The Labute approximate surface area is 146 Å². The second kappa shape index (κ2) is 7.70. The van der Waals surface area contributed by atoms with Gasteiger partial charge < -0.3 is 19.7 Å². The molecule has 2 heterocycles. The van der Waals surface area contributed by atoms with E-state index >= 15 is 0 Å². The van der Waals surface area contributed by atoms with Gasteiger partial charge in [0.2, 0.25) is 5.91 Å². The Kier molecular flexibility index (Phi) is 5.38. The van der Waals surface area contributed by atoms with Gasteiger partial charge in [-0.3, -0.25) is 9.59 Å². The number of nitrogens with one attached hydrogen (secondary N) is 1.